The lowest BCUT2D eigenvalue weighted by atomic mass is 9.92. The fraction of sp³-hybridized carbons (Fsp3) is 0.929. The van der Waals surface area contributed by atoms with Crippen LogP contribution in [-0.4, -0.2) is 29.9 Å². The maximum Gasteiger partial charge on any atom is 0.239 e. The summed E-state index contributed by atoms with van der Waals surface area (Å²) >= 11 is 0. The van der Waals surface area contributed by atoms with Crippen molar-refractivity contribution in [1.82, 2.24) is 4.90 Å². The second-order valence-corrected chi connectivity index (χ2v) is 5.31. The van der Waals surface area contributed by atoms with Crippen LogP contribution < -0.4 is 5.73 Å². The van der Waals surface area contributed by atoms with Gasteiger partial charge >= 0.3 is 0 Å². The van der Waals surface area contributed by atoms with Crippen molar-refractivity contribution >= 4 is 5.91 Å². The van der Waals surface area contributed by atoms with Gasteiger partial charge in [0.15, 0.2) is 0 Å². The van der Waals surface area contributed by atoms with Crippen LogP contribution in [-0.2, 0) is 4.79 Å². The number of unbranched alkanes of at least 4 members (excludes halogenated alkanes) is 1. The molecule has 1 atom stereocenters. The second kappa shape index (κ2) is 7.70. The van der Waals surface area contributed by atoms with Gasteiger partial charge in [-0.05, 0) is 25.2 Å². The molecule has 0 aromatic carbocycles. The lowest BCUT2D eigenvalue weighted by Gasteiger charge is -2.33. The fourth-order valence-corrected chi connectivity index (χ4v) is 2.63. The van der Waals surface area contributed by atoms with Crippen molar-refractivity contribution in [1.29, 1.82) is 0 Å². The highest BCUT2D eigenvalue weighted by Crippen LogP contribution is 2.22. The predicted octanol–water partition coefficient (Wildman–Crippen LogP) is 2.54. The van der Waals surface area contributed by atoms with Crippen molar-refractivity contribution in [3.8, 4) is 0 Å². The van der Waals surface area contributed by atoms with Crippen LogP contribution >= 0.6 is 0 Å². The molecule has 0 radical (unpaired) electrons. The van der Waals surface area contributed by atoms with Gasteiger partial charge in [0, 0.05) is 13.1 Å². The summed E-state index contributed by atoms with van der Waals surface area (Å²) in [5, 5.41) is 0. The zero-order valence-electron chi connectivity index (χ0n) is 11.5. The Morgan fingerprint density at radius 3 is 2.47 bits per heavy atom. The van der Waals surface area contributed by atoms with E-state index in [9.17, 15) is 4.79 Å². The molecule has 1 aliphatic rings. The van der Waals surface area contributed by atoms with Crippen molar-refractivity contribution in [3.05, 3.63) is 0 Å². The lowest BCUT2D eigenvalue weighted by Crippen LogP contribution is -2.47. The van der Waals surface area contributed by atoms with Gasteiger partial charge in [0.05, 0.1) is 6.04 Å². The number of hydrogen-bond donors (Lipinski definition) is 1. The third kappa shape index (κ3) is 4.66. The van der Waals surface area contributed by atoms with Crippen LogP contribution in [0.3, 0.4) is 0 Å². The van der Waals surface area contributed by atoms with Gasteiger partial charge in [0.2, 0.25) is 5.91 Å². The molecule has 0 spiro atoms. The van der Waals surface area contributed by atoms with Crippen molar-refractivity contribution in [2.75, 3.05) is 13.1 Å². The monoisotopic (exact) mass is 240 g/mol. The van der Waals surface area contributed by atoms with Crippen molar-refractivity contribution in [3.63, 3.8) is 0 Å². The smallest absolute Gasteiger partial charge is 0.239 e. The largest absolute Gasteiger partial charge is 0.341 e. The van der Waals surface area contributed by atoms with Crippen LogP contribution in [0.1, 0.15) is 58.8 Å². The summed E-state index contributed by atoms with van der Waals surface area (Å²) in [6.07, 6.45) is 7.90. The molecule has 17 heavy (non-hydrogen) atoms. The molecule has 0 saturated carbocycles. The van der Waals surface area contributed by atoms with Gasteiger partial charge in [0.25, 0.3) is 0 Å². The Morgan fingerprint density at radius 1 is 1.29 bits per heavy atom. The molecule has 0 aromatic rings. The molecule has 3 heteroatoms. The molecule has 0 aromatic heterocycles. The number of rotatable bonds is 6. The summed E-state index contributed by atoms with van der Waals surface area (Å²) in [6.45, 7) is 6.21. The van der Waals surface area contributed by atoms with E-state index in [1.165, 1.54) is 25.7 Å². The first kappa shape index (κ1) is 14.5. The van der Waals surface area contributed by atoms with E-state index in [1.54, 1.807) is 0 Å². The molecule has 3 nitrogen and oxygen atoms in total. The molecule has 1 heterocycles. The van der Waals surface area contributed by atoms with E-state index in [2.05, 4.69) is 13.8 Å². The molecule has 100 valence electrons. The molecule has 1 saturated heterocycles. The van der Waals surface area contributed by atoms with E-state index in [-0.39, 0.29) is 11.9 Å². The van der Waals surface area contributed by atoms with E-state index in [1.807, 2.05) is 4.90 Å². The van der Waals surface area contributed by atoms with Crippen molar-refractivity contribution in [2.45, 2.75) is 64.8 Å². The van der Waals surface area contributed by atoms with Gasteiger partial charge in [-0.3, -0.25) is 4.79 Å². The van der Waals surface area contributed by atoms with Crippen molar-refractivity contribution in [2.24, 2.45) is 11.7 Å². The quantitative estimate of drug-likeness (QED) is 0.775. The zero-order chi connectivity index (χ0) is 12.7. The van der Waals surface area contributed by atoms with Crippen LogP contribution in [0.5, 0.6) is 0 Å². The summed E-state index contributed by atoms with van der Waals surface area (Å²) in [5.74, 6) is 1.00. The van der Waals surface area contributed by atoms with Gasteiger partial charge in [-0.25, -0.2) is 0 Å². The summed E-state index contributed by atoms with van der Waals surface area (Å²) in [7, 11) is 0. The Balaban J connectivity index is 2.30. The Morgan fingerprint density at radius 2 is 1.94 bits per heavy atom. The highest BCUT2D eigenvalue weighted by atomic mass is 16.2. The number of nitrogens with zero attached hydrogens (tertiary/aromatic N) is 1. The van der Waals surface area contributed by atoms with E-state index in [4.69, 9.17) is 5.73 Å². The van der Waals surface area contributed by atoms with Crippen LogP contribution in [0.15, 0.2) is 0 Å². The Labute approximate surface area is 106 Å². The van der Waals surface area contributed by atoms with Gasteiger partial charge in [-0.2, -0.15) is 0 Å². The average molecular weight is 240 g/mol. The number of likely N-dealkylation sites (tertiary alicyclic amines) is 1. The number of hydrogen-bond acceptors (Lipinski definition) is 2. The summed E-state index contributed by atoms with van der Waals surface area (Å²) in [6, 6.07) is -0.266. The Hall–Kier alpha value is -0.570. The maximum atomic E-state index is 12.1. The number of piperidine rings is 1. The first-order valence-corrected chi connectivity index (χ1v) is 7.23. The number of amides is 1. The summed E-state index contributed by atoms with van der Waals surface area (Å²) in [4.78, 5) is 14.0. The Bertz CT molecular complexity index is 222. The summed E-state index contributed by atoms with van der Waals surface area (Å²) < 4.78 is 0. The first-order valence-electron chi connectivity index (χ1n) is 7.23. The molecule has 1 rings (SSSR count). The normalized spacial score (nSPS) is 19.4. The SMILES string of the molecule is CCCC[C@H](N)C(=O)N1CCC(CCC)CC1. The minimum absolute atomic E-state index is 0.174. The second-order valence-electron chi connectivity index (χ2n) is 5.31. The molecular formula is C14H28N2O. The predicted molar refractivity (Wildman–Crippen MR) is 71.7 cm³/mol. The highest BCUT2D eigenvalue weighted by Gasteiger charge is 2.25. The summed E-state index contributed by atoms with van der Waals surface area (Å²) in [5.41, 5.74) is 5.94. The lowest BCUT2D eigenvalue weighted by molar-refractivity contribution is -0.134. The molecule has 0 unspecified atom stereocenters. The first-order chi connectivity index (χ1) is 8.19. The molecule has 0 aliphatic carbocycles. The molecule has 1 fully saturated rings. The van der Waals surface area contributed by atoms with Gasteiger partial charge in [-0.1, -0.05) is 39.5 Å². The maximum absolute atomic E-state index is 12.1. The van der Waals surface area contributed by atoms with Crippen LogP contribution in [0.2, 0.25) is 0 Å². The highest BCUT2D eigenvalue weighted by molar-refractivity contribution is 5.81. The number of carbonyl (C=O) groups excluding carboxylic acids is 1. The molecular weight excluding hydrogens is 212 g/mol. The van der Waals surface area contributed by atoms with Crippen LogP contribution in [0.4, 0.5) is 0 Å². The minimum Gasteiger partial charge on any atom is -0.341 e. The van der Waals surface area contributed by atoms with Gasteiger partial charge < -0.3 is 10.6 Å². The fourth-order valence-electron chi connectivity index (χ4n) is 2.63. The van der Waals surface area contributed by atoms with Crippen molar-refractivity contribution < 1.29 is 4.79 Å². The third-order valence-electron chi connectivity index (χ3n) is 3.81. The van der Waals surface area contributed by atoms with Gasteiger partial charge in [0.1, 0.15) is 0 Å². The standard InChI is InChI=1S/C14H28N2O/c1-3-5-7-13(15)14(17)16-10-8-12(6-4-2)9-11-16/h12-13H,3-11,15H2,1-2H3/t13-/m0/s1. The number of carbonyl (C=O) groups is 1. The molecule has 2 N–H and O–H groups in total. The van der Waals surface area contributed by atoms with Gasteiger partial charge in [-0.15, -0.1) is 0 Å². The van der Waals surface area contributed by atoms with Crippen LogP contribution in [0, 0.1) is 5.92 Å². The molecule has 1 amide bonds. The molecule has 0 bridgehead atoms. The molecule has 1 aliphatic heterocycles. The zero-order valence-corrected chi connectivity index (χ0v) is 11.5. The van der Waals surface area contributed by atoms with E-state index >= 15 is 0 Å². The average Bonchev–Trinajstić information content (AvgIpc) is 2.36. The van der Waals surface area contributed by atoms with Crippen LogP contribution in [0.25, 0.3) is 0 Å². The number of nitrogens with two attached hydrogens (primary N) is 1. The van der Waals surface area contributed by atoms with E-state index in [0.29, 0.717) is 0 Å². The Kier molecular flexibility index (Phi) is 6.56. The minimum atomic E-state index is -0.266. The topological polar surface area (TPSA) is 46.3 Å². The van der Waals surface area contributed by atoms with E-state index < -0.39 is 0 Å². The third-order valence-corrected chi connectivity index (χ3v) is 3.81. The van der Waals surface area contributed by atoms with E-state index in [0.717, 1.165) is 38.3 Å².